The third-order valence-corrected chi connectivity index (χ3v) is 1.63. The van der Waals surface area contributed by atoms with Crippen molar-refractivity contribution < 1.29 is 23.1 Å². The predicted molar refractivity (Wildman–Crippen MR) is 41.0 cm³/mol. The van der Waals surface area contributed by atoms with Gasteiger partial charge in [-0.25, -0.2) is 18.2 Å². The minimum Gasteiger partial charge on any atom is -0.505 e. The summed E-state index contributed by atoms with van der Waals surface area (Å²) in [6, 6.07) is 0. The maximum absolute atomic E-state index is 12.8. The summed E-state index contributed by atoms with van der Waals surface area (Å²) in [5.74, 6) is -2.47. The zero-order chi connectivity index (χ0) is 10.9. The molecule has 1 N–H and O–H groups in total. The second-order valence-electron chi connectivity index (χ2n) is 2.29. The molecule has 0 amide bonds. The number of carbonyl (C=O) groups is 1. The Balaban J connectivity index is 3.41. The summed E-state index contributed by atoms with van der Waals surface area (Å²) in [5, 5.41) is 7.67. The van der Waals surface area contributed by atoms with Crippen LogP contribution >= 0.6 is 11.6 Å². The molecule has 0 fully saturated rings. The van der Waals surface area contributed by atoms with Crippen molar-refractivity contribution in [2.75, 3.05) is 0 Å². The van der Waals surface area contributed by atoms with Gasteiger partial charge in [-0.1, -0.05) is 0 Å². The summed E-state index contributed by atoms with van der Waals surface area (Å²) in [5.41, 5.74) is -2.06. The van der Waals surface area contributed by atoms with Crippen LogP contribution in [0.25, 0.3) is 0 Å². The number of aromatic hydroxyl groups is 1. The number of aromatic nitrogens is 1. The lowest BCUT2D eigenvalue weighted by molar-refractivity contribution is 0.107. The zero-order valence-corrected chi connectivity index (χ0v) is 7.23. The average Bonchev–Trinajstić information content (AvgIpc) is 2.02. The third kappa shape index (κ3) is 1.79. The van der Waals surface area contributed by atoms with Crippen molar-refractivity contribution in [3.63, 3.8) is 0 Å². The molecular weight excluding hydrogens is 223 g/mol. The van der Waals surface area contributed by atoms with Gasteiger partial charge in [0.15, 0.2) is 11.6 Å². The van der Waals surface area contributed by atoms with Gasteiger partial charge in [0.25, 0.3) is 11.7 Å². The second kappa shape index (κ2) is 3.83. The first-order valence-corrected chi connectivity index (χ1v) is 3.68. The predicted octanol–water partition coefficient (Wildman–Crippen LogP) is 2.24. The molecule has 1 heterocycles. The largest absolute Gasteiger partial charge is 0.505 e. The normalized spacial score (nSPS) is 10.6. The minimum absolute atomic E-state index is 0.400. The Morgan fingerprint density at radius 2 is 2.14 bits per heavy atom. The molecule has 0 aliphatic heterocycles. The van der Waals surface area contributed by atoms with Gasteiger partial charge in [-0.15, -0.1) is 0 Å². The van der Waals surface area contributed by atoms with Crippen LogP contribution in [0, 0.1) is 5.82 Å². The molecule has 7 heteroatoms. The Morgan fingerprint density at radius 1 is 1.57 bits per heavy atom. The van der Waals surface area contributed by atoms with Crippen molar-refractivity contribution in [1.29, 1.82) is 0 Å². The third-order valence-electron chi connectivity index (χ3n) is 1.44. The summed E-state index contributed by atoms with van der Waals surface area (Å²) in [7, 11) is 0. The molecule has 0 saturated heterocycles. The molecule has 0 aliphatic rings. The highest BCUT2D eigenvalue weighted by molar-refractivity contribution is 6.68. The van der Waals surface area contributed by atoms with Crippen molar-refractivity contribution >= 4 is 16.8 Å². The molecule has 0 bridgehead atoms. The Labute approximate surface area is 81.1 Å². The Kier molecular flexibility index (Phi) is 2.95. The highest BCUT2D eigenvalue weighted by Gasteiger charge is 2.23. The van der Waals surface area contributed by atoms with Crippen LogP contribution < -0.4 is 0 Å². The topological polar surface area (TPSA) is 50.2 Å². The molecule has 14 heavy (non-hydrogen) atoms. The van der Waals surface area contributed by atoms with Gasteiger partial charge in [0.05, 0.1) is 6.20 Å². The number of hydrogen-bond acceptors (Lipinski definition) is 3. The van der Waals surface area contributed by atoms with E-state index in [4.69, 9.17) is 16.7 Å². The number of pyridine rings is 1. The molecule has 0 aromatic carbocycles. The lowest BCUT2D eigenvalue weighted by Crippen LogP contribution is -2.01. The molecule has 0 unspecified atom stereocenters. The van der Waals surface area contributed by atoms with Gasteiger partial charge < -0.3 is 5.11 Å². The van der Waals surface area contributed by atoms with Gasteiger partial charge in [-0.3, -0.25) is 4.79 Å². The Hall–Kier alpha value is -1.30. The Morgan fingerprint density at radius 3 is 2.57 bits per heavy atom. The minimum atomic E-state index is -3.11. The molecule has 3 nitrogen and oxygen atoms in total. The van der Waals surface area contributed by atoms with E-state index in [0.29, 0.717) is 6.20 Å². The number of rotatable bonds is 2. The number of alkyl halides is 2. The van der Waals surface area contributed by atoms with E-state index in [9.17, 15) is 18.0 Å². The molecule has 0 aliphatic carbocycles. The first-order chi connectivity index (χ1) is 6.45. The molecule has 76 valence electrons. The number of hydrogen-bond donors (Lipinski definition) is 1. The van der Waals surface area contributed by atoms with E-state index in [2.05, 4.69) is 4.98 Å². The number of nitrogens with zero attached hydrogens (tertiary/aromatic N) is 1. The van der Waals surface area contributed by atoms with Crippen molar-refractivity contribution in [2.45, 2.75) is 6.43 Å². The summed E-state index contributed by atoms with van der Waals surface area (Å²) < 4.78 is 37.0. The van der Waals surface area contributed by atoms with E-state index in [1.165, 1.54) is 0 Å². The Bertz CT molecular complexity index is 383. The lowest BCUT2D eigenvalue weighted by Gasteiger charge is -2.05. The van der Waals surface area contributed by atoms with Crippen LogP contribution in [-0.2, 0) is 0 Å². The van der Waals surface area contributed by atoms with Gasteiger partial charge in [0, 0.05) is 0 Å². The highest BCUT2D eigenvalue weighted by Crippen LogP contribution is 2.31. The molecule has 0 radical (unpaired) electrons. The fourth-order valence-corrected chi connectivity index (χ4v) is 1.02. The van der Waals surface area contributed by atoms with Crippen molar-refractivity contribution in [3.8, 4) is 5.75 Å². The van der Waals surface area contributed by atoms with E-state index in [1.54, 1.807) is 0 Å². The van der Waals surface area contributed by atoms with Crippen LogP contribution in [0.15, 0.2) is 6.20 Å². The lowest BCUT2D eigenvalue weighted by atomic mass is 10.2. The fourth-order valence-electron chi connectivity index (χ4n) is 0.840. The van der Waals surface area contributed by atoms with Crippen molar-refractivity contribution in [3.05, 3.63) is 23.3 Å². The van der Waals surface area contributed by atoms with E-state index >= 15 is 0 Å². The van der Waals surface area contributed by atoms with Crippen molar-refractivity contribution in [2.24, 2.45) is 0 Å². The molecule has 1 rings (SSSR count). The fraction of sp³-hybridized carbons (Fsp3) is 0.143. The van der Waals surface area contributed by atoms with Gasteiger partial charge in [0.2, 0.25) is 0 Å². The van der Waals surface area contributed by atoms with E-state index in [0.717, 1.165) is 0 Å². The van der Waals surface area contributed by atoms with Gasteiger partial charge in [-0.05, 0) is 11.6 Å². The first kappa shape index (κ1) is 10.8. The molecular formula is C7H3ClF3NO2. The summed E-state index contributed by atoms with van der Waals surface area (Å²) in [4.78, 5) is 13.5. The van der Waals surface area contributed by atoms with Crippen molar-refractivity contribution in [1.82, 2.24) is 4.98 Å². The van der Waals surface area contributed by atoms with E-state index in [1.807, 2.05) is 0 Å². The van der Waals surface area contributed by atoms with E-state index in [-0.39, 0.29) is 0 Å². The average molecular weight is 226 g/mol. The summed E-state index contributed by atoms with van der Waals surface area (Å²) in [6.45, 7) is 0. The molecule has 1 aromatic rings. The van der Waals surface area contributed by atoms with E-state index < -0.39 is 34.5 Å². The van der Waals surface area contributed by atoms with Gasteiger partial charge in [0.1, 0.15) is 11.3 Å². The van der Waals surface area contributed by atoms with Crippen LogP contribution in [0.2, 0.25) is 0 Å². The van der Waals surface area contributed by atoms with Gasteiger partial charge >= 0.3 is 0 Å². The maximum atomic E-state index is 12.8. The molecule has 0 spiro atoms. The second-order valence-corrected chi connectivity index (χ2v) is 2.63. The van der Waals surface area contributed by atoms with Crippen LogP contribution in [0.3, 0.4) is 0 Å². The van der Waals surface area contributed by atoms with Crippen LogP contribution in [0.1, 0.15) is 22.5 Å². The summed E-state index contributed by atoms with van der Waals surface area (Å²) >= 11 is 4.88. The quantitative estimate of drug-likeness (QED) is 0.786. The highest BCUT2D eigenvalue weighted by atomic mass is 35.5. The number of carbonyl (C=O) groups excluding carboxylic acids is 1. The number of halogens is 4. The maximum Gasteiger partial charge on any atom is 0.284 e. The molecule has 0 atom stereocenters. The monoisotopic (exact) mass is 225 g/mol. The first-order valence-electron chi connectivity index (χ1n) is 3.30. The van der Waals surface area contributed by atoms with Gasteiger partial charge in [-0.2, -0.15) is 0 Å². The van der Waals surface area contributed by atoms with Crippen LogP contribution in [-0.4, -0.2) is 15.3 Å². The summed E-state index contributed by atoms with van der Waals surface area (Å²) in [6.07, 6.45) is -2.71. The molecule has 0 saturated carbocycles. The zero-order valence-electron chi connectivity index (χ0n) is 6.47. The molecule has 1 aromatic heterocycles. The van der Waals surface area contributed by atoms with Crippen LogP contribution in [0.5, 0.6) is 5.75 Å². The standard InChI is InChI=1S/C7H3ClF3NO2/c8-6(14)3-2(9)1-12-4(5(3)13)7(10)11/h1,7,13H. The smallest absolute Gasteiger partial charge is 0.284 e. The SMILES string of the molecule is O=C(Cl)c1c(F)cnc(C(F)F)c1O. The van der Waals surface area contributed by atoms with Crippen LogP contribution in [0.4, 0.5) is 13.2 Å².